The van der Waals surface area contributed by atoms with Crippen LogP contribution in [-0.4, -0.2) is 23.8 Å². The van der Waals surface area contributed by atoms with Gasteiger partial charge in [-0.05, 0) is 39.2 Å². The van der Waals surface area contributed by atoms with E-state index in [1.807, 2.05) is 6.92 Å². The van der Waals surface area contributed by atoms with Crippen molar-refractivity contribution in [2.75, 3.05) is 6.54 Å². The lowest BCUT2D eigenvalue weighted by Crippen LogP contribution is -2.30. The van der Waals surface area contributed by atoms with Crippen molar-refractivity contribution < 1.29 is 5.11 Å². The molecule has 0 aliphatic rings. The topological polar surface area (TPSA) is 32.3 Å². The third-order valence-corrected chi connectivity index (χ3v) is 1.91. The van der Waals surface area contributed by atoms with Crippen molar-refractivity contribution in [3.63, 3.8) is 0 Å². The van der Waals surface area contributed by atoms with Crippen LogP contribution in [-0.2, 0) is 0 Å². The van der Waals surface area contributed by atoms with Gasteiger partial charge in [0.2, 0.25) is 0 Å². The Bertz CT molecular complexity index is 102. The first kappa shape index (κ1) is 11.9. The van der Waals surface area contributed by atoms with Crippen LogP contribution in [0, 0.1) is 5.92 Å². The van der Waals surface area contributed by atoms with Crippen molar-refractivity contribution in [1.82, 2.24) is 5.32 Å². The zero-order chi connectivity index (χ0) is 9.56. The molecule has 0 aliphatic carbocycles. The van der Waals surface area contributed by atoms with Crippen LogP contribution in [0.5, 0.6) is 0 Å². The zero-order valence-electron chi connectivity index (χ0n) is 8.80. The molecule has 0 aromatic heterocycles. The maximum absolute atomic E-state index is 9.09. The second-order valence-electron chi connectivity index (χ2n) is 4.12. The molecule has 0 amide bonds. The van der Waals surface area contributed by atoms with Crippen molar-refractivity contribution in [3.05, 3.63) is 0 Å². The highest BCUT2D eigenvalue weighted by Crippen LogP contribution is 2.00. The highest BCUT2D eigenvalue weighted by molar-refractivity contribution is 4.64. The van der Waals surface area contributed by atoms with Crippen LogP contribution in [0.2, 0.25) is 0 Å². The minimum Gasteiger partial charge on any atom is -0.393 e. The van der Waals surface area contributed by atoms with E-state index < -0.39 is 0 Å². The summed E-state index contributed by atoms with van der Waals surface area (Å²) in [5.41, 5.74) is 0. The fourth-order valence-electron chi connectivity index (χ4n) is 1.21. The van der Waals surface area contributed by atoms with Gasteiger partial charge in [-0.1, -0.05) is 13.8 Å². The van der Waals surface area contributed by atoms with Gasteiger partial charge in [0.1, 0.15) is 0 Å². The molecule has 0 radical (unpaired) electrons. The Morgan fingerprint density at radius 3 is 2.17 bits per heavy atom. The molecular formula is C10H23NO. The normalized spacial score (nSPS) is 16.5. The molecule has 0 saturated carbocycles. The van der Waals surface area contributed by atoms with Crippen LogP contribution in [0.15, 0.2) is 0 Å². The molecule has 12 heavy (non-hydrogen) atoms. The van der Waals surface area contributed by atoms with Crippen molar-refractivity contribution in [3.8, 4) is 0 Å². The minimum atomic E-state index is -0.188. The van der Waals surface area contributed by atoms with E-state index in [0.29, 0.717) is 6.04 Å². The van der Waals surface area contributed by atoms with Crippen LogP contribution in [0.4, 0.5) is 0 Å². The molecule has 0 aromatic rings. The molecule has 0 fully saturated rings. The molecule has 74 valence electrons. The average molecular weight is 173 g/mol. The largest absolute Gasteiger partial charge is 0.393 e. The van der Waals surface area contributed by atoms with E-state index in [2.05, 4.69) is 26.1 Å². The van der Waals surface area contributed by atoms with Gasteiger partial charge in [-0.25, -0.2) is 0 Å². The van der Waals surface area contributed by atoms with Crippen molar-refractivity contribution in [2.24, 2.45) is 5.92 Å². The zero-order valence-corrected chi connectivity index (χ0v) is 8.80. The van der Waals surface area contributed by atoms with Crippen LogP contribution in [0.25, 0.3) is 0 Å². The predicted molar refractivity (Wildman–Crippen MR) is 53.2 cm³/mol. The summed E-state index contributed by atoms with van der Waals surface area (Å²) in [6.45, 7) is 9.46. The Morgan fingerprint density at radius 1 is 1.17 bits per heavy atom. The molecule has 0 aromatic carbocycles. The fourth-order valence-corrected chi connectivity index (χ4v) is 1.21. The molecule has 0 saturated heterocycles. The Morgan fingerprint density at radius 2 is 1.75 bits per heavy atom. The first-order valence-corrected chi connectivity index (χ1v) is 4.93. The van der Waals surface area contributed by atoms with Crippen LogP contribution in [0.1, 0.15) is 40.5 Å². The lowest BCUT2D eigenvalue weighted by atomic mass is 10.1. The maximum atomic E-state index is 9.09. The lowest BCUT2D eigenvalue weighted by Gasteiger charge is -2.15. The quantitative estimate of drug-likeness (QED) is 0.641. The van der Waals surface area contributed by atoms with Gasteiger partial charge < -0.3 is 10.4 Å². The molecule has 2 unspecified atom stereocenters. The lowest BCUT2D eigenvalue weighted by molar-refractivity contribution is 0.170. The highest BCUT2D eigenvalue weighted by Gasteiger charge is 2.04. The Labute approximate surface area is 76.4 Å². The van der Waals surface area contributed by atoms with Gasteiger partial charge in [-0.2, -0.15) is 0 Å². The summed E-state index contributed by atoms with van der Waals surface area (Å²) in [6.07, 6.45) is 1.87. The van der Waals surface area contributed by atoms with Crippen molar-refractivity contribution >= 4 is 0 Å². The predicted octanol–water partition coefficient (Wildman–Crippen LogP) is 1.78. The number of aliphatic hydroxyl groups excluding tert-OH is 1. The molecule has 0 spiro atoms. The van der Waals surface area contributed by atoms with Gasteiger partial charge in [-0.15, -0.1) is 0 Å². The first-order valence-electron chi connectivity index (χ1n) is 4.93. The van der Waals surface area contributed by atoms with E-state index in [1.54, 1.807) is 0 Å². The highest BCUT2D eigenvalue weighted by atomic mass is 16.3. The molecule has 2 N–H and O–H groups in total. The molecule has 0 bridgehead atoms. The van der Waals surface area contributed by atoms with Gasteiger partial charge in [0.15, 0.2) is 0 Å². The molecule has 2 nitrogen and oxygen atoms in total. The van der Waals surface area contributed by atoms with Gasteiger partial charge in [0, 0.05) is 6.04 Å². The molecule has 2 atom stereocenters. The Hall–Kier alpha value is -0.0800. The summed E-state index contributed by atoms with van der Waals surface area (Å²) in [4.78, 5) is 0. The molecule has 0 aliphatic heterocycles. The van der Waals surface area contributed by atoms with E-state index in [0.717, 1.165) is 18.9 Å². The third-order valence-electron chi connectivity index (χ3n) is 1.91. The Kier molecular flexibility index (Phi) is 6.39. The van der Waals surface area contributed by atoms with E-state index in [1.165, 1.54) is 6.42 Å². The number of nitrogens with one attached hydrogen (secondary N) is 1. The standard InChI is InChI=1S/C10H23NO/c1-8(2)5-6-11-9(3)7-10(4)12/h8-12H,5-7H2,1-4H3. The molecule has 2 heteroatoms. The first-order chi connectivity index (χ1) is 5.52. The van der Waals surface area contributed by atoms with Crippen LogP contribution in [0.3, 0.4) is 0 Å². The average Bonchev–Trinajstić information content (AvgIpc) is 1.84. The molecule has 0 heterocycles. The summed E-state index contributed by atoms with van der Waals surface area (Å²) in [7, 11) is 0. The van der Waals surface area contributed by atoms with Crippen LogP contribution >= 0.6 is 0 Å². The minimum absolute atomic E-state index is 0.188. The van der Waals surface area contributed by atoms with Crippen LogP contribution < -0.4 is 5.32 Å². The van der Waals surface area contributed by atoms with Gasteiger partial charge >= 0.3 is 0 Å². The maximum Gasteiger partial charge on any atom is 0.0526 e. The van der Waals surface area contributed by atoms with Gasteiger partial charge in [-0.3, -0.25) is 0 Å². The third kappa shape index (κ3) is 8.02. The number of rotatable bonds is 6. The second-order valence-corrected chi connectivity index (χ2v) is 4.12. The summed E-state index contributed by atoms with van der Waals surface area (Å²) in [5.74, 6) is 0.760. The van der Waals surface area contributed by atoms with Gasteiger partial charge in [0.25, 0.3) is 0 Å². The van der Waals surface area contributed by atoms with Crippen molar-refractivity contribution in [2.45, 2.75) is 52.7 Å². The second kappa shape index (κ2) is 6.44. The van der Waals surface area contributed by atoms with E-state index >= 15 is 0 Å². The number of hydrogen-bond donors (Lipinski definition) is 2. The molecular weight excluding hydrogens is 150 g/mol. The summed E-state index contributed by atoms with van der Waals surface area (Å²) in [6, 6.07) is 0.434. The fraction of sp³-hybridized carbons (Fsp3) is 1.00. The summed E-state index contributed by atoms with van der Waals surface area (Å²) >= 11 is 0. The Balaban J connectivity index is 3.25. The summed E-state index contributed by atoms with van der Waals surface area (Å²) < 4.78 is 0. The number of hydrogen-bond acceptors (Lipinski definition) is 2. The van der Waals surface area contributed by atoms with E-state index in [-0.39, 0.29) is 6.10 Å². The van der Waals surface area contributed by atoms with E-state index in [4.69, 9.17) is 5.11 Å². The monoisotopic (exact) mass is 173 g/mol. The molecule has 0 rings (SSSR count). The smallest absolute Gasteiger partial charge is 0.0526 e. The van der Waals surface area contributed by atoms with Crippen molar-refractivity contribution in [1.29, 1.82) is 0 Å². The summed E-state index contributed by atoms with van der Waals surface area (Å²) in [5, 5.41) is 12.5. The SMILES string of the molecule is CC(C)CCNC(C)CC(C)O. The van der Waals surface area contributed by atoms with E-state index in [9.17, 15) is 0 Å². The number of aliphatic hydroxyl groups is 1. The van der Waals surface area contributed by atoms with Gasteiger partial charge in [0.05, 0.1) is 6.10 Å².